The third kappa shape index (κ3) is 5.34. The van der Waals surface area contributed by atoms with Crippen molar-refractivity contribution in [1.82, 2.24) is 0 Å². The molecular weight excluding hydrogens is 613 g/mol. The first kappa shape index (κ1) is 22.2. The van der Waals surface area contributed by atoms with Gasteiger partial charge in [-0.3, -0.25) is 10.1 Å². The molecule has 0 aromatic heterocycles. The molecule has 0 saturated carbocycles. The van der Waals surface area contributed by atoms with Crippen LogP contribution in [0.25, 0.3) is 11.6 Å². The van der Waals surface area contributed by atoms with Crippen LogP contribution in [0.4, 0.5) is 10.1 Å². The molecule has 30 heavy (non-hydrogen) atoms. The van der Waals surface area contributed by atoms with Gasteiger partial charge in [0.25, 0.3) is 5.69 Å². The van der Waals surface area contributed by atoms with Crippen LogP contribution < -0.4 is 4.74 Å². The first-order chi connectivity index (χ1) is 14.4. The lowest BCUT2D eigenvalue weighted by atomic mass is 10.0. The summed E-state index contributed by atoms with van der Waals surface area (Å²) in [7, 11) is 0. The van der Waals surface area contributed by atoms with E-state index in [2.05, 4.69) is 51.3 Å². The van der Waals surface area contributed by atoms with Gasteiger partial charge in [-0.25, -0.2) is 4.39 Å². The summed E-state index contributed by atoms with van der Waals surface area (Å²) < 4.78 is 21.5. The maximum Gasteiger partial charge on any atom is 0.269 e. The van der Waals surface area contributed by atoms with Crippen molar-refractivity contribution in [3.05, 3.63) is 100 Å². The van der Waals surface area contributed by atoms with Gasteiger partial charge < -0.3 is 4.74 Å². The summed E-state index contributed by atoms with van der Waals surface area (Å²) in [4.78, 5) is 10.5. The second-order valence-electron chi connectivity index (χ2n) is 6.18. The van der Waals surface area contributed by atoms with E-state index in [1.165, 1.54) is 18.2 Å². The molecule has 0 spiro atoms. The van der Waals surface area contributed by atoms with E-state index < -0.39 is 10.7 Å². The van der Waals surface area contributed by atoms with Gasteiger partial charge in [-0.15, -0.1) is 0 Å². The van der Waals surface area contributed by atoms with Crippen LogP contribution in [0.3, 0.4) is 0 Å². The van der Waals surface area contributed by atoms with Crippen molar-refractivity contribution in [2.45, 2.75) is 6.61 Å². The Morgan fingerprint density at radius 2 is 1.83 bits per heavy atom. The number of hydrogen-bond acceptors (Lipinski definition) is 4. The number of non-ortho nitro benzene ring substituents is 1. The number of nitro benzene ring substituents is 1. The standard InChI is InChI=1S/C22H13FI2N2O3/c23-19-7-2-1-6-18(19)16(12-26)8-15-10-20(24)22(21(25)11-15)30-13-14-4-3-5-17(9-14)27(28)29/h1-11H,13H2/b16-8-. The van der Waals surface area contributed by atoms with E-state index in [0.717, 1.165) is 12.7 Å². The maximum atomic E-state index is 14.0. The van der Waals surface area contributed by atoms with Gasteiger partial charge in [-0.2, -0.15) is 5.26 Å². The fourth-order valence-electron chi connectivity index (χ4n) is 2.73. The number of allylic oxidation sites excluding steroid dienone is 1. The van der Waals surface area contributed by atoms with Gasteiger partial charge in [0.1, 0.15) is 18.2 Å². The number of nitriles is 1. The van der Waals surface area contributed by atoms with Crippen molar-refractivity contribution in [2.24, 2.45) is 0 Å². The molecule has 0 bridgehead atoms. The highest BCUT2D eigenvalue weighted by Gasteiger charge is 2.12. The quantitative estimate of drug-likeness (QED) is 0.102. The van der Waals surface area contributed by atoms with Gasteiger partial charge in [0.05, 0.1) is 23.7 Å². The Morgan fingerprint density at radius 1 is 1.13 bits per heavy atom. The molecule has 0 aliphatic carbocycles. The van der Waals surface area contributed by atoms with E-state index >= 15 is 0 Å². The number of nitrogens with zero attached hydrogens (tertiary/aromatic N) is 2. The summed E-state index contributed by atoms with van der Waals surface area (Å²) in [5.74, 6) is 0.191. The van der Waals surface area contributed by atoms with Gasteiger partial charge in [0.15, 0.2) is 0 Å². The van der Waals surface area contributed by atoms with Crippen molar-refractivity contribution in [1.29, 1.82) is 5.26 Å². The van der Waals surface area contributed by atoms with E-state index in [-0.39, 0.29) is 23.4 Å². The first-order valence-electron chi connectivity index (χ1n) is 8.61. The van der Waals surface area contributed by atoms with Crippen LogP contribution in [0.15, 0.2) is 60.7 Å². The smallest absolute Gasteiger partial charge is 0.269 e. The molecule has 0 amide bonds. The van der Waals surface area contributed by atoms with Crippen LogP contribution in [-0.2, 0) is 6.61 Å². The topological polar surface area (TPSA) is 76.2 Å². The maximum absolute atomic E-state index is 14.0. The fourth-order valence-corrected chi connectivity index (χ4v) is 4.86. The van der Waals surface area contributed by atoms with Crippen LogP contribution >= 0.6 is 45.2 Å². The monoisotopic (exact) mass is 626 g/mol. The Morgan fingerprint density at radius 3 is 2.47 bits per heavy atom. The molecule has 0 saturated heterocycles. The van der Waals surface area contributed by atoms with Crippen molar-refractivity contribution in [2.75, 3.05) is 0 Å². The van der Waals surface area contributed by atoms with E-state index in [9.17, 15) is 19.8 Å². The van der Waals surface area contributed by atoms with Crippen LogP contribution in [0.2, 0.25) is 0 Å². The first-order valence-corrected chi connectivity index (χ1v) is 10.8. The minimum Gasteiger partial charge on any atom is -0.487 e. The summed E-state index contributed by atoms with van der Waals surface area (Å²) in [5.41, 5.74) is 1.91. The normalized spacial score (nSPS) is 11.1. The van der Waals surface area contributed by atoms with Crippen LogP contribution in [0.5, 0.6) is 5.75 Å². The van der Waals surface area contributed by atoms with E-state index in [0.29, 0.717) is 11.3 Å². The van der Waals surface area contributed by atoms with Crippen molar-refractivity contribution >= 4 is 62.5 Å². The highest BCUT2D eigenvalue weighted by molar-refractivity contribution is 14.1. The predicted molar refractivity (Wildman–Crippen MR) is 129 cm³/mol. The van der Waals surface area contributed by atoms with Crippen LogP contribution in [0, 0.1) is 34.4 Å². The molecule has 3 aromatic rings. The van der Waals surface area contributed by atoms with Crippen LogP contribution in [0.1, 0.15) is 16.7 Å². The summed E-state index contributed by atoms with van der Waals surface area (Å²) >= 11 is 4.26. The molecule has 0 aliphatic heterocycles. The molecule has 0 fully saturated rings. The Bertz CT molecular complexity index is 1170. The second kappa shape index (κ2) is 9.99. The van der Waals surface area contributed by atoms with Crippen molar-refractivity contribution in [3.8, 4) is 11.8 Å². The number of hydrogen-bond donors (Lipinski definition) is 0. The molecule has 8 heteroatoms. The minimum atomic E-state index is -0.452. The molecule has 0 N–H and O–H groups in total. The van der Waals surface area contributed by atoms with Crippen molar-refractivity contribution in [3.63, 3.8) is 0 Å². The van der Waals surface area contributed by atoms with E-state index in [4.69, 9.17) is 4.74 Å². The van der Waals surface area contributed by atoms with Crippen molar-refractivity contribution < 1.29 is 14.1 Å². The third-order valence-electron chi connectivity index (χ3n) is 4.12. The zero-order valence-electron chi connectivity index (χ0n) is 15.3. The van der Waals surface area contributed by atoms with E-state index in [1.54, 1.807) is 36.4 Å². The predicted octanol–water partition coefficient (Wildman–Crippen LogP) is 6.59. The highest BCUT2D eigenvalue weighted by atomic mass is 127. The lowest BCUT2D eigenvalue weighted by Crippen LogP contribution is -2.00. The summed E-state index contributed by atoms with van der Waals surface area (Å²) in [5, 5.41) is 20.4. The average Bonchev–Trinajstić information content (AvgIpc) is 2.72. The van der Waals surface area contributed by atoms with Gasteiger partial charge in [0.2, 0.25) is 0 Å². The minimum absolute atomic E-state index is 0.0122. The summed E-state index contributed by atoms with van der Waals surface area (Å²) in [6.07, 6.45) is 1.63. The molecule has 150 valence electrons. The summed E-state index contributed by atoms with van der Waals surface area (Å²) in [6.45, 7) is 0.182. The van der Waals surface area contributed by atoms with Crippen LogP contribution in [-0.4, -0.2) is 4.92 Å². The lowest BCUT2D eigenvalue weighted by Gasteiger charge is -2.12. The Labute approximate surface area is 199 Å². The Hall–Kier alpha value is -2.52. The van der Waals surface area contributed by atoms with Gasteiger partial charge in [0, 0.05) is 17.7 Å². The lowest BCUT2D eigenvalue weighted by molar-refractivity contribution is -0.384. The SMILES string of the molecule is N#C/C(=C/c1cc(I)c(OCc2cccc([N+](=O)[O-])c2)c(I)c1)c1ccccc1F. The third-order valence-corrected chi connectivity index (χ3v) is 5.72. The molecule has 0 aliphatic rings. The molecule has 0 unspecified atom stereocenters. The molecule has 5 nitrogen and oxygen atoms in total. The number of ether oxygens (including phenoxy) is 1. The van der Waals surface area contributed by atoms with Gasteiger partial charge >= 0.3 is 0 Å². The number of halogens is 3. The zero-order chi connectivity index (χ0) is 21.7. The molecular formula is C22H13FI2N2O3. The molecule has 0 atom stereocenters. The summed E-state index contributed by atoms with van der Waals surface area (Å²) in [6, 6.07) is 18.2. The molecule has 3 rings (SSSR count). The number of nitro groups is 1. The molecule has 0 heterocycles. The fraction of sp³-hybridized carbons (Fsp3) is 0.0455. The largest absolute Gasteiger partial charge is 0.487 e. The number of rotatable bonds is 6. The average molecular weight is 626 g/mol. The Balaban J connectivity index is 1.85. The zero-order valence-corrected chi connectivity index (χ0v) is 19.6. The molecule has 0 radical (unpaired) electrons. The Kier molecular flexibility index (Phi) is 7.38. The molecule has 3 aromatic carbocycles. The highest BCUT2D eigenvalue weighted by Crippen LogP contribution is 2.31. The second-order valence-corrected chi connectivity index (χ2v) is 8.50. The van der Waals surface area contributed by atoms with E-state index in [1.807, 2.05) is 12.1 Å². The van der Waals surface area contributed by atoms with Gasteiger partial charge in [-0.1, -0.05) is 30.3 Å². The number of benzene rings is 3. The van der Waals surface area contributed by atoms with Gasteiger partial charge in [-0.05, 0) is 80.6 Å².